The van der Waals surface area contributed by atoms with E-state index < -0.39 is 11.6 Å². The monoisotopic (exact) mass is 343 g/mol. The second kappa shape index (κ2) is 8.55. The Morgan fingerprint density at radius 3 is 2.68 bits per heavy atom. The smallest absolute Gasteiger partial charge is 0.167 e. The van der Waals surface area contributed by atoms with E-state index in [1.807, 2.05) is 0 Å². The van der Waals surface area contributed by atoms with Crippen LogP contribution in [0.2, 0.25) is 0 Å². The van der Waals surface area contributed by atoms with Gasteiger partial charge in [0.05, 0.1) is 19.0 Å². The summed E-state index contributed by atoms with van der Waals surface area (Å²) in [6.45, 7) is 3.24. The highest BCUT2D eigenvalue weighted by Crippen LogP contribution is 2.16. The molecule has 2 aromatic rings. The summed E-state index contributed by atoms with van der Waals surface area (Å²) < 4.78 is 26.7. The van der Waals surface area contributed by atoms with Crippen LogP contribution in [0.15, 0.2) is 71.1 Å². The fourth-order valence-electron chi connectivity index (χ4n) is 1.71. The van der Waals surface area contributed by atoms with Crippen LogP contribution in [0, 0.1) is 11.6 Å². The second-order valence-electron chi connectivity index (χ2n) is 4.74. The van der Waals surface area contributed by atoms with Crippen LogP contribution in [-0.4, -0.2) is 33.4 Å². The van der Waals surface area contributed by atoms with Crippen LogP contribution >= 0.6 is 0 Å². The van der Waals surface area contributed by atoms with Gasteiger partial charge in [0, 0.05) is 6.20 Å². The van der Waals surface area contributed by atoms with Crippen LogP contribution in [-0.2, 0) is 0 Å². The van der Waals surface area contributed by atoms with E-state index in [-0.39, 0.29) is 29.7 Å². The van der Waals surface area contributed by atoms with Crippen LogP contribution in [0.4, 0.5) is 14.5 Å². The Balaban J connectivity index is 2.49. The molecule has 2 rings (SSSR count). The van der Waals surface area contributed by atoms with Gasteiger partial charge in [-0.15, -0.1) is 0 Å². The highest BCUT2D eigenvalue weighted by atomic mass is 19.1. The molecule has 0 fully saturated rings. The minimum Gasteiger partial charge on any atom is -0.392 e. The normalized spacial score (nSPS) is 13.0. The van der Waals surface area contributed by atoms with E-state index in [1.165, 1.54) is 36.5 Å². The lowest BCUT2D eigenvalue weighted by Crippen LogP contribution is -2.17. The van der Waals surface area contributed by atoms with Crippen molar-refractivity contribution in [2.24, 2.45) is 15.7 Å². The number of hydrogen-bond donors (Lipinski definition) is 2. The standard InChI is InChI=1S/C17H15F2N5O/c1-2-11(10-25)7-16(23-14-5-6-21-9-13(14)19)24-17(20)15-4-3-12(18)8-22-15/h2-9,25H,1,10H2,(H2,20,21,23,24)/b11-7-. The van der Waals surface area contributed by atoms with E-state index in [4.69, 9.17) is 5.73 Å². The first-order valence-electron chi connectivity index (χ1n) is 7.11. The van der Waals surface area contributed by atoms with Crippen molar-refractivity contribution in [1.82, 2.24) is 9.97 Å². The van der Waals surface area contributed by atoms with Crippen molar-refractivity contribution >= 4 is 17.4 Å². The molecule has 0 aliphatic heterocycles. The number of halogens is 2. The zero-order chi connectivity index (χ0) is 18.2. The van der Waals surface area contributed by atoms with Gasteiger partial charge in [-0.25, -0.2) is 23.7 Å². The van der Waals surface area contributed by atoms with Gasteiger partial charge in [-0.2, -0.15) is 0 Å². The zero-order valence-electron chi connectivity index (χ0n) is 13.1. The van der Waals surface area contributed by atoms with E-state index in [9.17, 15) is 13.9 Å². The molecule has 0 aromatic carbocycles. The molecule has 0 aliphatic carbocycles. The molecule has 128 valence electrons. The molecule has 6 nitrogen and oxygen atoms in total. The number of aliphatic hydroxyl groups excluding tert-OH is 1. The number of nitrogens with two attached hydrogens (primary N) is 1. The molecule has 0 bridgehead atoms. The molecular formula is C17H15F2N5O. The number of aliphatic imine (C=N–C) groups is 2. The van der Waals surface area contributed by atoms with E-state index in [2.05, 4.69) is 26.5 Å². The molecule has 0 amide bonds. The Hall–Kier alpha value is -3.26. The molecule has 2 aromatic heterocycles. The molecule has 0 spiro atoms. The Morgan fingerprint density at radius 1 is 1.28 bits per heavy atom. The summed E-state index contributed by atoms with van der Waals surface area (Å²) in [6.07, 6.45) is 6.17. The summed E-state index contributed by atoms with van der Waals surface area (Å²) in [5.41, 5.74) is 6.47. The van der Waals surface area contributed by atoms with Gasteiger partial charge in [-0.1, -0.05) is 12.7 Å². The first-order chi connectivity index (χ1) is 12.0. The first kappa shape index (κ1) is 18.1. The van der Waals surface area contributed by atoms with Crippen molar-refractivity contribution in [3.05, 3.63) is 78.4 Å². The number of aromatic nitrogens is 2. The van der Waals surface area contributed by atoms with Crippen LogP contribution < -0.4 is 5.73 Å². The highest BCUT2D eigenvalue weighted by molar-refractivity contribution is 6.08. The summed E-state index contributed by atoms with van der Waals surface area (Å²) in [4.78, 5) is 15.6. The lowest BCUT2D eigenvalue weighted by atomic mass is 10.2. The largest absolute Gasteiger partial charge is 0.392 e. The van der Waals surface area contributed by atoms with E-state index in [1.54, 1.807) is 0 Å². The molecule has 0 saturated carbocycles. The number of amidine groups is 2. The summed E-state index contributed by atoms with van der Waals surface area (Å²) >= 11 is 0. The van der Waals surface area contributed by atoms with Crippen molar-refractivity contribution in [1.29, 1.82) is 0 Å². The number of pyridine rings is 2. The minimum atomic E-state index is -0.647. The van der Waals surface area contributed by atoms with Gasteiger partial charge in [0.1, 0.15) is 17.2 Å². The van der Waals surface area contributed by atoms with Crippen molar-refractivity contribution < 1.29 is 13.9 Å². The summed E-state index contributed by atoms with van der Waals surface area (Å²) in [7, 11) is 0. The third-order valence-electron chi connectivity index (χ3n) is 2.97. The molecule has 0 saturated heterocycles. The molecule has 3 N–H and O–H groups in total. The number of hydrogen-bond acceptors (Lipinski definition) is 4. The predicted octanol–water partition coefficient (Wildman–Crippen LogP) is 2.30. The van der Waals surface area contributed by atoms with Crippen molar-refractivity contribution in [2.75, 3.05) is 6.61 Å². The molecular weight excluding hydrogens is 328 g/mol. The van der Waals surface area contributed by atoms with Gasteiger partial charge in [0.2, 0.25) is 0 Å². The Labute approximate surface area is 142 Å². The van der Waals surface area contributed by atoms with Gasteiger partial charge < -0.3 is 10.8 Å². The van der Waals surface area contributed by atoms with Gasteiger partial charge in [0.15, 0.2) is 17.5 Å². The summed E-state index contributed by atoms with van der Waals surface area (Å²) in [5, 5.41) is 9.26. The molecule has 0 atom stereocenters. The maximum Gasteiger partial charge on any atom is 0.167 e. The third kappa shape index (κ3) is 5.11. The molecule has 0 radical (unpaired) electrons. The number of nitrogens with zero attached hydrogens (tertiary/aromatic N) is 4. The SMILES string of the molecule is C=C/C(=C/C(=Nc1ccncc1F)N=C(N)c1ccc(F)cn1)CO. The van der Waals surface area contributed by atoms with E-state index >= 15 is 0 Å². The average molecular weight is 343 g/mol. The maximum absolute atomic E-state index is 13.8. The van der Waals surface area contributed by atoms with Crippen LogP contribution in [0.3, 0.4) is 0 Å². The minimum absolute atomic E-state index is 0.00813. The zero-order valence-corrected chi connectivity index (χ0v) is 13.1. The fraction of sp³-hybridized carbons (Fsp3) is 0.0588. The lowest BCUT2D eigenvalue weighted by Gasteiger charge is -2.03. The Kier molecular flexibility index (Phi) is 6.19. The first-order valence-corrected chi connectivity index (χ1v) is 7.11. The number of rotatable bonds is 5. The third-order valence-corrected chi connectivity index (χ3v) is 2.97. The predicted molar refractivity (Wildman–Crippen MR) is 91.6 cm³/mol. The van der Waals surface area contributed by atoms with Gasteiger partial charge in [-0.3, -0.25) is 4.98 Å². The van der Waals surface area contributed by atoms with Crippen LogP contribution in [0.5, 0.6) is 0 Å². The molecule has 0 unspecified atom stereocenters. The van der Waals surface area contributed by atoms with Crippen LogP contribution in [0.1, 0.15) is 5.69 Å². The Morgan fingerprint density at radius 2 is 2.08 bits per heavy atom. The molecule has 2 heterocycles. The topological polar surface area (TPSA) is 96.8 Å². The molecule has 0 aliphatic rings. The van der Waals surface area contributed by atoms with Crippen molar-refractivity contribution in [2.45, 2.75) is 0 Å². The van der Waals surface area contributed by atoms with E-state index in [0.29, 0.717) is 5.57 Å². The Bertz CT molecular complexity index is 844. The fourth-order valence-corrected chi connectivity index (χ4v) is 1.71. The summed E-state index contributed by atoms with van der Waals surface area (Å²) in [6, 6.07) is 3.89. The maximum atomic E-state index is 13.8. The van der Waals surface area contributed by atoms with Crippen molar-refractivity contribution in [3.63, 3.8) is 0 Å². The highest BCUT2D eigenvalue weighted by Gasteiger charge is 2.06. The molecule has 25 heavy (non-hydrogen) atoms. The molecule has 8 heteroatoms. The number of aliphatic hydroxyl groups is 1. The second-order valence-corrected chi connectivity index (χ2v) is 4.74. The van der Waals surface area contributed by atoms with E-state index in [0.717, 1.165) is 12.4 Å². The van der Waals surface area contributed by atoms with Crippen molar-refractivity contribution in [3.8, 4) is 0 Å². The van der Waals surface area contributed by atoms with Gasteiger partial charge in [0.25, 0.3) is 0 Å². The van der Waals surface area contributed by atoms with Gasteiger partial charge >= 0.3 is 0 Å². The lowest BCUT2D eigenvalue weighted by molar-refractivity contribution is 0.335. The average Bonchev–Trinajstić information content (AvgIpc) is 2.61. The van der Waals surface area contributed by atoms with Crippen LogP contribution in [0.25, 0.3) is 0 Å². The van der Waals surface area contributed by atoms with Gasteiger partial charge in [-0.05, 0) is 29.8 Å². The summed E-state index contributed by atoms with van der Waals surface area (Å²) in [5.74, 6) is -1.20. The quantitative estimate of drug-likeness (QED) is 0.494.